The third-order valence-electron chi connectivity index (χ3n) is 4.93. The second-order valence-corrected chi connectivity index (χ2v) is 9.07. The summed E-state index contributed by atoms with van der Waals surface area (Å²) in [4.78, 5) is 16.7. The van der Waals surface area contributed by atoms with Gasteiger partial charge in [0.2, 0.25) is 5.91 Å². The van der Waals surface area contributed by atoms with Crippen LogP contribution in [0.2, 0.25) is 0 Å². The third kappa shape index (κ3) is 4.75. The summed E-state index contributed by atoms with van der Waals surface area (Å²) in [6, 6.07) is 3.53. The number of ether oxygens (including phenoxy) is 1. The quantitative estimate of drug-likeness (QED) is 0.701. The molecular weight excluding hydrogens is 356 g/mol. The molecule has 144 valence electrons. The molecule has 0 aliphatic carbocycles. The Morgan fingerprint density at radius 1 is 1.46 bits per heavy atom. The van der Waals surface area contributed by atoms with Gasteiger partial charge in [-0.25, -0.2) is 8.42 Å². The summed E-state index contributed by atoms with van der Waals surface area (Å²) < 4.78 is 34.2. The van der Waals surface area contributed by atoms with Crippen LogP contribution >= 0.6 is 0 Å². The minimum absolute atomic E-state index is 0.0372. The molecule has 1 amide bonds. The predicted molar refractivity (Wildman–Crippen MR) is 98.4 cm³/mol. The normalized spacial score (nSPS) is 23.0. The molecule has 1 fully saturated rings. The van der Waals surface area contributed by atoms with Crippen molar-refractivity contribution in [2.45, 2.75) is 18.9 Å². The van der Waals surface area contributed by atoms with Gasteiger partial charge < -0.3 is 14.1 Å². The number of sulfone groups is 1. The Hall–Kier alpha value is -1.64. The number of rotatable bonds is 7. The maximum atomic E-state index is 12.9. The van der Waals surface area contributed by atoms with E-state index in [0.717, 1.165) is 24.3 Å². The minimum atomic E-state index is -3.04. The zero-order valence-electron chi connectivity index (χ0n) is 15.1. The van der Waals surface area contributed by atoms with Crippen molar-refractivity contribution in [3.8, 4) is 0 Å². The summed E-state index contributed by atoms with van der Waals surface area (Å²) in [5, 5.41) is 0. The number of nitrogens with zero attached hydrogens (tertiary/aromatic N) is 2. The number of carbonyl (C=O) groups excluding carboxylic acids is 1. The molecule has 7 nitrogen and oxygen atoms in total. The molecule has 0 N–H and O–H groups in total. The molecule has 1 unspecified atom stereocenters. The van der Waals surface area contributed by atoms with Crippen LogP contribution in [0.5, 0.6) is 0 Å². The number of amides is 1. The summed E-state index contributed by atoms with van der Waals surface area (Å²) in [7, 11) is -1.46. The molecule has 1 atom stereocenters. The van der Waals surface area contributed by atoms with E-state index in [4.69, 9.17) is 9.15 Å². The summed E-state index contributed by atoms with van der Waals surface area (Å²) in [5.74, 6) is 1.01. The predicted octanol–water partition coefficient (Wildman–Crippen LogP) is 1.03. The summed E-state index contributed by atoms with van der Waals surface area (Å²) in [6.07, 6.45) is 5.16. The Labute approximate surface area is 154 Å². The van der Waals surface area contributed by atoms with Crippen molar-refractivity contribution >= 4 is 21.3 Å². The van der Waals surface area contributed by atoms with Gasteiger partial charge in [-0.2, -0.15) is 0 Å². The minimum Gasteiger partial charge on any atom is -0.465 e. The highest BCUT2D eigenvalue weighted by Crippen LogP contribution is 2.22. The number of methoxy groups -OCH3 is 1. The van der Waals surface area contributed by atoms with Gasteiger partial charge in [0, 0.05) is 38.4 Å². The molecule has 0 spiro atoms. The smallest absolute Gasteiger partial charge is 0.237 e. The van der Waals surface area contributed by atoms with Gasteiger partial charge in [-0.1, -0.05) is 6.08 Å². The average Bonchev–Trinajstić information content (AvgIpc) is 3.25. The number of carbonyl (C=O) groups is 1. The lowest BCUT2D eigenvalue weighted by Crippen LogP contribution is -2.48. The Balaban J connectivity index is 1.63. The van der Waals surface area contributed by atoms with E-state index in [0.29, 0.717) is 26.1 Å². The molecular formula is C18H26N2O5S. The molecule has 3 rings (SSSR count). The molecule has 1 aromatic heterocycles. The lowest BCUT2D eigenvalue weighted by Gasteiger charge is -2.32. The zero-order chi connectivity index (χ0) is 18.6. The van der Waals surface area contributed by atoms with Crippen LogP contribution in [0.4, 0.5) is 0 Å². The van der Waals surface area contributed by atoms with Gasteiger partial charge in [0.25, 0.3) is 0 Å². The van der Waals surface area contributed by atoms with E-state index < -0.39 is 9.84 Å². The van der Waals surface area contributed by atoms with Gasteiger partial charge in [0.05, 0.1) is 30.9 Å². The Morgan fingerprint density at radius 3 is 2.96 bits per heavy atom. The maximum absolute atomic E-state index is 12.9. The summed E-state index contributed by atoms with van der Waals surface area (Å²) in [5.41, 5.74) is 1.08. The van der Waals surface area contributed by atoms with Crippen LogP contribution in [-0.4, -0.2) is 81.6 Å². The topological polar surface area (TPSA) is 80.1 Å². The van der Waals surface area contributed by atoms with E-state index in [9.17, 15) is 13.2 Å². The van der Waals surface area contributed by atoms with Crippen LogP contribution in [-0.2, 0) is 19.4 Å². The largest absolute Gasteiger partial charge is 0.465 e. The van der Waals surface area contributed by atoms with Crippen molar-refractivity contribution in [2.24, 2.45) is 0 Å². The highest BCUT2D eigenvalue weighted by molar-refractivity contribution is 7.91. The molecule has 0 saturated carbocycles. The van der Waals surface area contributed by atoms with Gasteiger partial charge in [-0.15, -0.1) is 0 Å². The Morgan fingerprint density at radius 2 is 2.31 bits per heavy atom. The first kappa shape index (κ1) is 19.1. The second kappa shape index (κ2) is 8.37. The van der Waals surface area contributed by atoms with Crippen LogP contribution in [0.3, 0.4) is 0 Å². The van der Waals surface area contributed by atoms with Crippen molar-refractivity contribution in [1.82, 2.24) is 9.80 Å². The van der Waals surface area contributed by atoms with E-state index >= 15 is 0 Å². The van der Waals surface area contributed by atoms with E-state index in [-0.39, 0.29) is 30.0 Å². The highest BCUT2D eigenvalue weighted by atomic mass is 32.2. The molecule has 0 radical (unpaired) electrons. The maximum Gasteiger partial charge on any atom is 0.237 e. The summed E-state index contributed by atoms with van der Waals surface area (Å²) in [6.45, 7) is 2.56. The standard InChI is InChI=1S/C18H26N2O5S/c1-24-10-8-20(16-6-11-26(22,23)14-16)18(21)13-19-7-2-4-15(12-19)17-5-3-9-25-17/h3-5,9,16H,2,6-8,10-14H2,1H3. The van der Waals surface area contributed by atoms with Gasteiger partial charge in [0.15, 0.2) is 9.84 Å². The lowest BCUT2D eigenvalue weighted by molar-refractivity contribution is -0.134. The highest BCUT2D eigenvalue weighted by Gasteiger charge is 2.35. The molecule has 8 heteroatoms. The Kier molecular flexibility index (Phi) is 6.16. The van der Waals surface area contributed by atoms with E-state index in [1.165, 1.54) is 0 Å². The van der Waals surface area contributed by atoms with E-state index in [1.807, 2.05) is 12.1 Å². The molecule has 3 heterocycles. The summed E-state index contributed by atoms with van der Waals surface area (Å²) >= 11 is 0. The van der Waals surface area contributed by atoms with Gasteiger partial charge >= 0.3 is 0 Å². The third-order valence-corrected chi connectivity index (χ3v) is 6.68. The molecule has 26 heavy (non-hydrogen) atoms. The monoisotopic (exact) mass is 382 g/mol. The van der Waals surface area contributed by atoms with Crippen molar-refractivity contribution in [2.75, 3.05) is 51.4 Å². The van der Waals surface area contributed by atoms with Crippen LogP contribution in [0.1, 0.15) is 18.6 Å². The van der Waals surface area contributed by atoms with Crippen LogP contribution in [0.25, 0.3) is 5.57 Å². The van der Waals surface area contributed by atoms with Crippen LogP contribution in [0.15, 0.2) is 28.9 Å². The number of hydrogen-bond donors (Lipinski definition) is 0. The molecule has 1 aromatic rings. The molecule has 0 aromatic carbocycles. The van der Waals surface area contributed by atoms with Crippen LogP contribution < -0.4 is 0 Å². The van der Waals surface area contributed by atoms with Crippen molar-refractivity contribution in [1.29, 1.82) is 0 Å². The molecule has 0 bridgehead atoms. The van der Waals surface area contributed by atoms with E-state index in [1.54, 1.807) is 18.3 Å². The lowest BCUT2D eigenvalue weighted by atomic mass is 10.1. The van der Waals surface area contributed by atoms with Crippen molar-refractivity contribution in [3.05, 3.63) is 30.2 Å². The first-order chi connectivity index (χ1) is 12.5. The first-order valence-corrected chi connectivity index (χ1v) is 10.7. The number of hydrogen-bond acceptors (Lipinski definition) is 6. The van der Waals surface area contributed by atoms with Crippen molar-refractivity contribution in [3.63, 3.8) is 0 Å². The Bertz CT molecular complexity index is 742. The van der Waals surface area contributed by atoms with E-state index in [2.05, 4.69) is 11.0 Å². The van der Waals surface area contributed by atoms with Gasteiger partial charge in [-0.3, -0.25) is 9.69 Å². The van der Waals surface area contributed by atoms with Gasteiger partial charge in [-0.05, 0) is 25.0 Å². The van der Waals surface area contributed by atoms with Crippen molar-refractivity contribution < 1.29 is 22.4 Å². The average molecular weight is 382 g/mol. The fourth-order valence-electron chi connectivity index (χ4n) is 3.58. The zero-order valence-corrected chi connectivity index (χ0v) is 15.9. The fraction of sp³-hybridized carbons (Fsp3) is 0.611. The molecule has 2 aliphatic heterocycles. The fourth-order valence-corrected chi connectivity index (χ4v) is 5.32. The molecule has 1 saturated heterocycles. The SMILES string of the molecule is COCCN(C(=O)CN1CCC=C(c2ccco2)C1)C1CCS(=O)(=O)C1. The molecule has 2 aliphatic rings. The van der Waals surface area contributed by atoms with Gasteiger partial charge in [0.1, 0.15) is 5.76 Å². The number of furan rings is 1. The van der Waals surface area contributed by atoms with Crippen LogP contribution in [0, 0.1) is 0 Å². The second-order valence-electron chi connectivity index (χ2n) is 6.84. The first-order valence-electron chi connectivity index (χ1n) is 8.92.